The number of fused-ring (bicyclic) bond motifs is 1. The van der Waals surface area contributed by atoms with Crippen molar-refractivity contribution in [3.05, 3.63) is 12.7 Å². The molecule has 1 spiro atoms. The molecule has 3 saturated heterocycles. The van der Waals surface area contributed by atoms with Gasteiger partial charge in [0, 0.05) is 25.2 Å². The van der Waals surface area contributed by atoms with E-state index in [4.69, 9.17) is 9.47 Å². The number of likely N-dealkylation sites (tertiary alicyclic amines) is 1. The Morgan fingerprint density at radius 1 is 1.29 bits per heavy atom. The molecule has 3 aliphatic heterocycles. The Morgan fingerprint density at radius 2 is 1.97 bits per heavy atom. The summed E-state index contributed by atoms with van der Waals surface area (Å²) in [5.74, 6) is -2.21. The van der Waals surface area contributed by atoms with Gasteiger partial charge in [-0.25, -0.2) is 0 Å². The van der Waals surface area contributed by atoms with Crippen LogP contribution in [-0.4, -0.2) is 82.3 Å². The van der Waals surface area contributed by atoms with E-state index in [0.29, 0.717) is 38.8 Å². The van der Waals surface area contributed by atoms with Gasteiger partial charge in [0.1, 0.15) is 11.6 Å². The van der Waals surface area contributed by atoms with Crippen LogP contribution in [0.1, 0.15) is 73.6 Å². The Hall–Kier alpha value is -1.93. The topological polar surface area (TPSA) is 96.4 Å². The molecule has 198 valence electrons. The Labute approximate surface area is 210 Å². The predicted molar refractivity (Wildman–Crippen MR) is 132 cm³/mol. The number of esters is 1. The number of nitrogens with zero attached hydrogens (tertiary/aromatic N) is 2. The summed E-state index contributed by atoms with van der Waals surface area (Å²) in [5, 5.41) is 9.32. The van der Waals surface area contributed by atoms with Gasteiger partial charge >= 0.3 is 5.97 Å². The number of hydrogen-bond donors (Lipinski definition) is 1. The third-order valence-electron chi connectivity index (χ3n) is 7.67. The smallest absolute Gasteiger partial charge is 0.312 e. The van der Waals surface area contributed by atoms with Crippen LogP contribution in [0, 0.1) is 17.3 Å². The standard InChI is InChI=1S/C27H44N2O6/c1-8-14-29(26(6,7)17-25(3,4)5)23(32)21-27-13-12-18(35-27)19(24(33)34-9-2)20(27)22(31)28(21)15-10-11-16-30/h8,18-21,30H,1,9-17H2,2-7H3/t18-,19+,20-,21?,27?/m0/s1. The summed E-state index contributed by atoms with van der Waals surface area (Å²) in [4.78, 5) is 44.6. The van der Waals surface area contributed by atoms with Crippen LogP contribution in [0.2, 0.25) is 0 Å². The Balaban J connectivity index is 2.04. The maximum Gasteiger partial charge on any atom is 0.312 e. The maximum atomic E-state index is 14.4. The summed E-state index contributed by atoms with van der Waals surface area (Å²) >= 11 is 0. The highest BCUT2D eigenvalue weighted by molar-refractivity contribution is 5.98. The summed E-state index contributed by atoms with van der Waals surface area (Å²) < 4.78 is 11.8. The molecule has 0 aliphatic carbocycles. The fourth-order valence-electron chi connectivity index (χ4n) is 6.88. The van der Waals surface area contributed by atoms with Gasteiger partial charge in [-0.2, -0.15) is 0 Å². The van der Waals surface area contributed by atoms with Crippen molar-refractivity contribution in [1.82, 2.24) is 9.80 Å². The zero-order valence-corrected chi connectivity index (χ0v) is 22.3. The molecular formula is C27H44N2O6. The minimum atomic E-state index is -1.04. The first-order valence-electron chi connectivity index (χ1n) is 13.0. The van der Waals surface area contributed by atoms with Crippen molar-refractivity contribution in [3.63, 3.8) is 0 Å². The Bertz CT molecular complexity index is 834. The summed E-state index contributed by atoms with van der Waals surface area (Å²) in [6.45, 7) is 17.1. The SMILES string of the molecule is C=CCN(C(=O)C1N(CCCCO)C(=O)[C@@H]2[C@H](C(=O)OCC)[C@@H]3CCC12O3)C(C)(C)CC(C)(C)C. The van der Waals surface area contributed by atoms with Crippen molar-refractivity contribution in [2.75, 3.05) is 26.3 Å². The molecule has 0 aromatic heterocycles. The molecule has 35 heavy (non-hydrogen) atoms. The first kappa shape index (κ1) is 27.7. The number of ether oxygens (including phenoxy) is 2. The van der Waals surface area contributed by atoms with E-state index in [-0.39, 0.29) is 30.4 Å². The molecule has 3 heterocycles. The number of hydrogen-bond acceptors (Lipinski definition) is 6. The molecule has 2 bridgehead atoms. The molecule has 1 N–H and O–H groups in total. The molecule has 3 fully saturated rings. The number of amides is 2. The average molecular weight is 493 g/mol. The molecule has 0 aromatic rings. The number of rotatable bonds is 11. The third-order valence-corrected chi connectivity index (χ3v) is 7.67. The molecule has 5 atom stereocenters. The highest BCUT2D eigenvalue weighted by Crippen LogP contribution is 2.59. The van der Waals surface area contributed by atoms with Crippen LogP contribution in [0.3, 0.4) is 0 Å². The zero-order chi connectivity index (χ0) is 26.2. The summed E-state index contributed by atoms with van der Waals surface area (Å²) in [6, 6.07) is -0.817. The molecule has 0 saturated carbocycles. The van der Waals surface area contributed by atoms with E-state index in [9.17, 15) is 19.5 Å². The first-order valence-corrected chi connectivity index (χ1v) is 13.0. The van der Waals surface area contributed by atoms with Gasteiger partial charge in [0.2, 0.25) is 11.8 Å². The Morgan fingerprint density at radius 3 is 2.54 bits per heavy atom. The number of unbranched alkanes of at least 4 members (excludes halogenated alkanes) is 1. The number of aliphatic hydroxyl groups excluding tert-OH is 1. The second-order valence-electron chi connectivity index (χ2n) is 12.1. The minimum absolute atomic E-state index is 0.0143. The molecule has 0 radical (unpaired) electrons. The van der Waals surface area contributed by atoms with Gasteiger partial charge in [0.15, 0.2) is 0 Å². The van der Waals surface area contributed by atoms with Crippen molar-refractivity contribution < 1.29 is 29.0 Å². The highest BCUT2D eigenvalue weighted by atomic mass is 16.6. The van der Waals surface area contributed by atoms with Gasteiger partial charge in [-0.05, 0) is 58.3 Å². The molecule has 0 aromatic carbocycles. The molecule has 2 amide bonds. The van der Waals surface area contributed by atoms with Crippen LogP contribution in [0.4, 0.5) is 0 Å². The third kappa shape index (κ3) is 5.01. The maximum absolute atomic E-state index is 14.4. The van der Waals surface area contributed by atoms with E-state index < -0.39 is 41.1 Å². The fraction of sp³-hybridized carbons (Fsp3) is 0.815. The van der Waals surface area contributed by atoms with Gasteiger partial charge < -0.3 is 24.4 Å². The van der Waals surface area contributed by atoms with E-state index in [2.05, 4.69) is 41.2 Å². The van der Waals surface area contributed by atoms with Crippen LogP contribution in [0.5, 0.6) is 0 Å². The van der Waals surface area contributed by atoms with E-state index >= 15 is 0 Å². The van der Waals surface area contributed by atoms with Gasteiger partial charge in [0.25, 0.3) is 0 Å². The summed E-state index contributed by atoms with van der Waals surface area (Å²) in [5.41, 5.74) is -1.55. The van der Waals surface area contributed by atoms with Crippen LogP contribution in [-0.2, 0) is 23.9 Å². The van der Waals surface area contributed by atoms with Crippen molar-refractivity contribution >= 4 is 17.8 Å². The lowest BCUT2D eigenvalue weighted by Crippen LogP contribution is -2.61. The van der Waals surface area contributed by atoms with Gasteiger partial charge in [0.05, 0.1) is 24.5 Å². The first-order chi connectivity index (χ1) is 16.3. The summed E-state index contributed by atoms with van der Waals surface area (Å²) in [6.07, 6.45) is 4.34. The van der Waals surface area contributed by atoms with Crippen molar-refractivity contribution in [2.45, 2.75) is 96.9 Å². The molecule has 3 rings (SSSR count). The van der Waals surface area contributed by atoms with Gasteiger partial charge in [-0.15, -0.1) is 6.58 Å². The predicted octanol–water partition coefficient (Wildman–Crippen LogP) is 2.93. The highest BCUT2D eigenvalue weighted by Gasteiger charge is 2.75. The summed E-state index contributed by atoms with van der Waals surface area (Å²) in [7, 11) is 0. The molecule has 8 heteroatoms. The van der Waals surface area contributed by atoms with Crippen molar-refractivity contribution in [1.29, 1.82) is 0 Å². The quantitative estimate of drug-likeness (QED) is 0.271. The molecular weight excluding hydrogens is 448 g/mol. The van der Waals surface area contributed by atoms with Crippen LogP contribution < -0.4 is 0 Å². The van der Waals surface area contributed by atoms with Gasteiger partial charge in [-0.3, -0.25) is 14.4 Å². The van der Waals surface area contributed by atoms with Crippen LogP contribution in [0.15, 0.2) is 12.7 Å². The lowest BCUT2D eigenvalue weighted by Gasteiger charge is -2.45. The van der Waals surface area contributed by atoms with Crippen LogP contribution in [0.25, 0.3) is 0 Å². The zero-order valence-electron chi connectivity index (χ0n) is 22.3. The van der Waals surface area contributed by atoms with Crippen molar-refractivity contribution in [2.24, 2.45) is 17.3 Å². The monoisotopic (exact) mass is 492 g/mol. The number of carbonyl (C=O) groups excluding carboxylic acids is 3. The fourth-order valence-corrected chi connectivity index (χ4v) is 6.88. The lowest BCUT2D eigenvalue weighted by molar-refractivity contribution is -0.155. The van der Waals surface area contributed by atoms with E-state index in [1.54, 1.807) is 17.9 Å². The second kappa shape index (κ2) is 10.2. The second-order valence-corrected chi connectivity index (χ2v) is 12.1. The Kier molecular flexibility index (Phi) is 8.07. The van der Waals surface area contributed by atoms with Crippen LogP contribution >= 0.6 is 0 Å². The van der Waals surface area contributed by atoms with E-state index in [1.165, 1.54) is 0 Å². The average Bonchev–Trinajstić information content (AvgIpc) is 3.38. The molecule has 2 unspecified atom stereocenters. The normalized spacial score (nSPS) is 29.9. The van der Waals surface area contributed by atoms with Gasteiger partial charge in [-0.1, -0.05) is 26.8 Å². The lowest BCUT2D eigenvalue weighted by atomic mass is 9.70. The number of carbonyl (C=O) groups is 3. The largest absolute Gasteiger partial charge is 0.466 e. The number of aliphatic hydroxyl groups is 1. The van der Waals surface area contributed by atoms with E-state index in [1.807, 2.05) is 4.90 Å². The molecule has 8 nitrogen and oxygen atoms in total. The van der Waals surface area contributed by atoms with E-state index in [0.717, 1.165) is 6.42 Å². The molecule has 3 aliphatic rings. The minimum Gasteiger partial charge on any atom is -0.466 e. The van der Waals surface area contributed by atoms with Crippen molar-refractivity contribution in [3.8, 4) is 0 Å².